The Hall–Kier alpha value is -0.430. The number of rotatable bonds is 5. The number of hydrogen-bond donors (Lipinski definition) is 0. The highest BCUT2D eigenvalue weighted by molar-refractivity contribution is 7.90. The summed E-state index contributed by atoms with van der Waals surface area (Å²) in [6, 6.07) is 3.25. The fraction of sp³-hybridized carbons (Fsp3) is 0.529. The van der Waals surface area contributed by atoms with Gasteiger partial charge in [-0.3, -0.25) is 0 Å². The van der Waals surface area contributed by atoms with Crippen LogP contribution in [0.3, 0.4) is 0 Å². The second-order valence-corrected chi connectivity index (χ2v) is 9.71. The van der Waals surface area contributed by atoms with Crippen LogP contribution in [0.4, 0.5) is 0 Å². The van der Waals surface area contributed by atoms with Crippen molar-refractivity contribution in [3.8, 4) is 5.75 Å². The molecule has 1 fully saturated rings. The van der Waals surface area contributed by atoms with E-state index in [0.29, 0.717) is 28.8 Å². The number of nitrogens with zero attached hydrogens (tertiary/aromatic N) is 1. The van der Waals surface area contributed by atoms with E-state index in [4.69, 9.17) is 32.7 Å². The highest BCUT2D eigenvalue weighted by Crippen LogP contribution is 2.47. The first-order valence-electron chi connectivity index (χ1n) is 7.61. The number of halogens is 2. The molecule has 0 aliphatic carbocycles. The maximum atomic E-state index is 13.0. The molecule has 1 aliphatic rings. The summed E-state index contributed by atoms with van der Waals surface area (Å²) in [7, 11) is 1.55. The molecule has 2 atom stereocenters. The van der Waals surface area contributed by atoms with Gasteiger partial charge in [-0.15, -0.1) is 4.31 Å². The fourth-order valence-corrected chi connectivity index (χ4v) is 4.51. The van der Waals surface area contributed by atoms with E-state index in [1.807, 2.05) is 25.1 Å². The molecule has 0 N–H and O–H groups in total. The Balaban J connectivity index is 2.47. The number of hydrogen-bond acceptors (Lipinski definition) is 4. The quantitative estimate of drug-likeness (QED) is 0.413. The molecule has 0 spiro atoms. The zero-order valence-electron chi connectivity index (χ0n) is 14.4. The fourth-order valence-electron chi connectivity index (χ4n) is 2.65. The molecule has 4 nitrogen and oxygen atoms in total. The highest BCUT2D eigenvalue weighted by Gasteiger charge is 2.44. The largest absolute Gasteiger partial charge is 0.597 e. The lowest BCUT2D eigenvalue weighted by molar-refractivity contribution is 0.0498. The van der Waals surface area contributed by atoms with Gasteiger partial charge in [0.1, 0.15) is 10.5 Å². The average molecular weight is 392 g/mol. The molecule has 0 amide bonds. The lowest BCUT2D eigenvalue weighted by atomic mass is 10.0. The monoisotopic (exact) mass is 391 g/mol. The average Bonchev–Trinajstić information content (AvgIpc) is 2.88. The molecule has 0 bridgehead atoms. The van der Waals surface area contributed by atoms with Crippen LogP contribution in [-0.2, 0) is 16.1 Å². The van der Waals surface area contributed by atoms with Crippen molar-refractivity contribution < 1.29 is 14.0 Å². The highest BCUT2D eigenvalue weighted by atomic mass is 35.5. The van der Waals surface area contributed by atoms with Crippen LogP contribution in [-0.4, -0.2) is 34.1 Å². The molecule has 1 aromatic rings. The summed E-state index contributed by atoms with van der Waals surface area (Å²) in [6.07, 6.45) is 0.658. The van der Waals surface area contributed by atoms with E-state index in [9.17, 15) is 4.55 Å². The minimum Gasteiger partial charge on any atom is -0.597 e. The molecule has 0 radical (unpaired) electrons. The van der Waals surface area contributed by atoms with Gasteiger partial charge in [0.2, 0.25) is 0 Å². The van der Waals surface area contributed by atoms with Gasteiger partial charge in [-0.25, -0.2) is 0 Å². The number of ether oxygens (including phenoxy) is 2. The smallest absolute Gasteiger partial charge is 0.188 e. The molecule has 134 valence electrons. The minimum atomic E-state index is -1.21. The molecular formula is C17H23Cl2NO3S. The molecule has 2 rings (SSSR count). The SMILES string of the molecule is C=C1CC(c2c(OCOC)ccc(Cl)c2Cl)N([S+]([O-])C(C)(C)C)C1. The van der Waals surface area contributed by atoms with Gasteiger partial charge >= 0.3 is 0 Å². The molecule has 1 heterocycles. The van der Waals surface area contributed by atoms with Crippen molar-refractivity contribution in [1.29, 1.82) is 0 Å². The Morgan fingerprint density at radius 1 is 1.38 bits per heavy atom. The van der Waals surface area contributed by atoms with Crippen LogP contribution < -0.4 is 4.74 Å². The molecule has 24 heavy (non-hydrogen) atoms. The van der Waals surface area contributed by atoms with E-state index in [1.165, 1.54) is 0 Å². The third-order valence-electron chi connectivity index (χ3n) is 3.70. The molecule has 2 unspecified atom stereocenters. The maximum absolute atomic E-state index is 13.0. The van der Waals surface area contributed by atoms with Crippen LogP contribution in [0.1, 0.15) is 38.8 Å². The maximum Gasteiger partial charge on any atom is 0.188 e. The van der Waals surface area contributed by atoms with Crippen LogP contribution in [0, 0.1) is 0 Å². The van der Waals surface area contributed by atoms with Crippen molar-refractivity contribution in [2.24, 2.45) is 0 Å². The zero-order valence-corrected chi connectivity index (χ0v) is 16.7. The lowest BCUT2D eigenvalue weighted by Crippen LogP contribution is -2.42. The Labute approximate surface area is 157 Å². The third-order valence-corrected chi connectivity index (χ3v) is 6.38. The second-order valence-electron chi connectivity index (χ2n) is 6.73. The van der Waals surface area contributed by atoms with E-state index < -0.39 is 11.4 Å². The van der Waals surface area contributed by atoms with Gasteiger partial charge < -0.3 is 14.0 Å². The standard InChI is InChI=1S/C17H23Cl2NO3S/c1-11-8-13(20(9-11)24(21)17(2,3)4)15-14(23-10-22-5)7-6-12(18)16(15)19/h6-7,13H,1,8-10H2,2-5H3. The van der Waals surface area contributed by atoms with E-state index in [1.54, 1.807) is 19.2 Å². The summed E-state index contributed by atoms with van der Waals surface area (Å²) in [5.41, 5.74) is 1.74. The van der Waals surface area contributed by atoms with Gasteiger partial charge in [0.15, 0.2) is 6.79 Å². The molecule has 0 saturated carbocycles. The van der Waals surface area contributed by atoms with E-state index in [0.717, 1.165) is 11.1 Å². The van der Waals surface area contributed by atoms with Gasteiger partial charge in [0, 0.05) is 24.0 Å². The molecule has 1 aliphatic heterocycles. The summed E-state index contributed by atoms with van der Waals surface area (Å²) < 4.78 is 25.2. The normalized spacial score (nSPS) is 20.5. The predicted octanol–water partition coefficient (Wildman–Crippen LogP) is 4.74. The number of benzene rings is 1. The van der Waals surface area contributed by atoms with Crippen molar-refractivity contribution in [3.05, 3.63) is 39.9 Å². The van der Waals surface area contributed by atoms with E-state index in [2.05, 4.69) is 6.58 Å². The molecule has 0 aromatic heterocycles. The molecular weight excluding hydrogens is 369 g/mol. The summed E-state index contributed by atoms with van der Waals surface area (Å²) in [4.78, 5) is 0. The van der Waals surface area contributed by atoms with Gasteiger partial charge in [-0.05, 0) is 39.3 Å². The van der Waals surface area contributed by atoms with Gasteiger partial charge in [0.25, 0.3) is 0 Å². The first-order chi connectivity index (χ1) is 11.2. The Bertz CT molecular complexity index is 619. The Morgan fingerprint density at radius 2 is 2.04 bits per heavy atom. The van der Waals surface area contributed by atoms with Crippen molar-refractivity contribution in [3.63, 3.8) is 0 Å². The summed E-state index contributed by atoms with van der Waals surface area (Å²) in [6.45, 7) is 10.6. The van der Waals surface area contributed by atoms with Crippen molar-refractivity contribution in [2.45, 2.75) is 38.0 Å². The molecule has 7 heteroatoms. The zero-order chi connectivity index (χ0) is 18.1. The topological polar surface area (TPSA) is 44.8 Å². The Morgan fingerprint density at radius 3 is 2.62 bits per heavy atom. The van der Waals surface area contributed by atoms with Gasteiger partial charge in [0.05, 0.1) is 22.6 Å². The van der Waals surface area contributed by atoms with Crippen molar-refractivity contribution in [2.75, 3.05) is 20.4 Å². The summed E-state index contributed by atoms with van der Waals surface area (Å²) >= 11 is 11.5. The predicted molar refractivity (Wildman–Crippen MR) is 100 cm³/mol. The van der Waals surface area contributed by atoms with Crippen LogP contribution in [0.15, 0.2) is 24.3 Å². The molecule has 1 aromatic carbocycles. The summed E-state index contributed by atoms with van der Waals surface area (Å²) in [5.74, 6) is 0.585. The van der Waals surface area contributed by atoms with Gasteiger partial charge in [-0.1, -0.05) is 35.4 Å². The Kier molecular flexibility index (Phi) is 6.51. The van der Waals surface area contributed by atoms with Gasteiger partial charge in [-0.2, -0.15) is 0 Å². The van der Waals surface area contributed by atoms with Crippen LogP contribution in [0.25, 0.3) is 0 Å². The first kappa shape index (κ1) is 19.9. The van der Waals surface area contributed by atoms with Crippen LogP contribution in [0.5, 0.6) is 5.75 Å². The van der Waals surface area contributed by atoms with Crippen molar-refractivity contribution >= 4 is 34.6 Å². The van der Waals surface area contributed by atoms with Crippen molar-refractivity contribution in [1.82, 2.24) is 4.31 Å². The van der Waals surface area contributed by atoms with Crippen LogP contribution >= 0.6 is 23.2 Å². The molecule has 1 saturated heterocycles. The van der Waals surface area contributed by atoms with Crippen LogP contribution in [0.2, 0.25) is 10.0 Å². The second kappa shape index (κ2) is 7.85. The number of methoxy groups -OCH3 is 1. The third kappa shape index (κ3) is 4.21. The minimum absolute atomic E-state index is 0.0982. The first-order valence-corrected chi connectivity index (χ1v) is 9.48. The van der Waals surface area contributed by atoms with E-state index >= 15 is 0 Å². The lowest BCUT2D eigenvalue weighted by Gasteiger charge is -2.34. The summed E-state index contributed by atoms with van der Waals surface area (Å²) in [5, 5.41) is 0.858. The van der Waals surface area contributed by atoms with E-state index in [-0.39, 0.29) is 17.6 Å².